The molecule has 0 radical (unpaired) electrons. The highest BCUT2D eigenvalue weighted by atomic mass is 16.5. The lowest BCUT2D eigenvalue weighted by Crippen LogP contribution is -2.34. The van der Waals surface area contributed by atoms with Gasteiger partial charge in [0.15, 0.2) is 0 Å². The number of methoxy groups -OCH3 is 1. The first-order valence-corrected chi connectivity index (χ1v) is 10.2. The molecule has 0 spiro atoms. The average molecular weight is 443 g/mol. The maximum absolute atomic E-state index is 13.0. The second-order valence-corrected chi connectivity index (χ2v) is 7.38. The van der Waals surface area contributed by atoms with Crippen LogP contribution < -0.4 is 16.6 Å². The molecule has 1 amide bonds. The van der Waals surface area contributed by atoms with Crippen molar-refractivity contribution < 1.29 is 14.3 Å². The Morgan fingerprint density at radius 2 is 1.64 bits per heavy atom. The third kappa shape index (κ3) is 4.59. The number of nitrogens with one attached hydrogen (secondary N) is 2. The summed E-state index contributed by atoms with van der Waals surface area (Å²) in [5.74, 6) is -0.920. The number of hydrogen-bond acceptors (Lipinski definition) is 5. The number of ether oxygens (including phenoxy) is 1. The maximum Gasteiger partial charge on any atom is 0.333 e. The van der Waals surface area contributed by atoms with Crippen LogP contribution in [0.1, 0.15) is 28.4 Å². The number of aromatic nitrogens is 2. The summed E-state index contributed by atoms with van der Waals surface area (Å²) in [7, 11) is 1.29. The van der Waals surface area contributed by atoms with Gasteiger partial charge in [0.25, 0.3) is 11.5 Å². The lowest BCUT2D eigenvalue weighted by Gasteiger charge is -2.18. The first-order chi connectivity index (χ1) is 16.0. The predicted molar refractivity (Wildman–Crippen MR) is 123 cm³/mol. The van der Waals surface area contributed by atoms with Crippen molar-refractivity contribution in [3.8, 4) is 5.69 Å². The van der Waals surface area contributed by atoms with Gasteiger partial charge in [-0.25, -0.2) is 9.36 Å². The minimum absolute atomic E-state index is 0.0432. The lowest BCUT2D eigenvalue weighted by atomic mass is 10.0. The van der Waals surface area contributed by atoms with E-state index in [2.05, 4.69) is 10.3 Å². The molecule has 1 aromatic heterocycles. The van der Waals surface area contributed by atoms with E-state index in [1.807, 2.05) is 18.2 Å². The van der Waals surface area contributed by atoms with Crippen LogP contribution >= 0.6 is 0 Å². The van der Waals surface area contributed by atoms with E-state index in [1.54, 1.807) is 42.5 Å². The Labute approximate surface area is 188 Å². The first kappa shape index (κ1) is 21.8. The van der Waals surface area contributed by atoms with Crippen LogP contribution in [0.4, 0.5) is 0 Å². The van der Waals surface area contributed by atoms with Crippen LogP contribution in [0.3, 0.4) is 0 Å². The van der Waals surface area contributed by atoms with Crippen LogP contribution in [0.15, 0.2) is 88.5 Å². The number of benzene rings is 3. The summed E-state index contributed by atoms with van der Waals surface area (Å²) >= 11 is 0. The van der Waals surface area contributed by atoms with Crippen molar-refractivity contribution in [2.45, 2.75) is 12.5 Å². The highest BCUT2D eigenvalue weighted by molar-refractivity contribution is 5.98. The molecule has 0 fully saturated rings. The van der Waals surface area contributed by atoms with Gasteiger partial charge in [-0.2, -0.15) is 0 Å². The number of carbonyl (C=O) groups is 2. The molecule has 0 saturated heterocycles. The number of rotatable bonds is 6. The van der Waals surface area contributed by atoms with Gasteiger partial charge in [-0.15, -0.1) is 0 Å². The molecule has 1 unspecified atom stereocenters. The monoisotopic (exact) mass is 443 g/mol. The fourth-order valence-corrected chi connectivity index (χ4v) is 3.60. The summed E-state index contributed by atoms with van der Waals surface area (Å²) in [6, 6.07) is 21.5. The number of aromatic amines is 1. The molecular formula is C25H21N3O5. The van der Waals surface area contributed by atoms with Gasteiger partial charge in [0.2, 0.25) is 0 Å². The molecule has 33 heavy (non-hydrogen) atoms. The Morgan fingerprint density at radius 3 is 2.30 bits per heavy atom. The SMILES string of the molecule is COC(=O)CC(NC(=O)c1ccc2c(=O)n(-c3ccccc3)c(=O)[nH]c2c1)c1ccccc1. The van der Waals surface area contributed by atoms with Crippen LogP contribution in [0.25, 0.3) is 16.6 Å². The summed E-state index contributed by atoms with van der Waals surface area (Å²) in [5.41, 5.74) is 0.580. The molecule has 4 aromatic rings. The number of fused-ring (bicyclic) bond motifs is 1. The summed E-state index contributed by atoms with van der Waals surface area (Å²) in [5, 5.41) is 3.10. The second-order valence-electron chi connectivity index (χ2n) is 7.38. The maximum atomic E-state index is 13.0. The smallest absolute Gasteiger partial charge is 0.333 e. The largest absolute Gasteiger partial charge is 0.469 e. The number of esters is 1. The Morgan fingerprint density at radius 1 is 0.970 bits per heavy atom. The molecule has 0 bridgehead atoms. The number of para-hydroxylation sites is 1. The number of hydrogen-bond donors (Lipinski definition) is 2. The molecular weight excluding hydrogens is 422 g/mol. The van der Waals surface area contributed by atoms with Crippen molar-refractivity contribution in [1.29, 1.82) is 0 Å². The van der Waals surface area contributed by atoms with Gasteiger partial charge in [-0.1, -0.05) is 48.5 Å². The van der Waals surface area contributed by atoms with Gasteiger partial charge in [0.1, 0.15) is 0 Å². The lowest BCUT2D eigenvalue weighted by molar-refractivity contribution is -0.141. The van der Waals surface area contributed by atoms with E-state index >= 15 is 0 Å². The average Bonchev–Trinajstić information content (AvgIpc) is 2.84. The third-order valence-corrected chi connectivity index (χ3v) is 5.28. The zero-order valence-electron chi connectivity index (χ0n) is 17.8. The Hall–Kier alpha value is -4.46. The van der Waals surface area contributed by atoms with E-state index in [0.29, 0.717) is 5.69 Å². The van der Waals surface area contributed by atoms with Crippen molar-refractivity contribution in [2.75, 3.05) is 7.11 Å². The van der Waals surface area contributed by atoms with E-state index in [-0.39, 0.29) is 22.9 Å². The van der Waals surface area contributed by atoms with Crippen LogP contribution in [0.5, 0.6) is 0 Å². The summed E-state index contributed by atoms with van der Waals surface area (Å²) in [6.45, 7) is 0. The van der Waals surface area contributed by atoms with Crippen LogP contribution in [-0.2, 0) is 9.53 Å². The van der Waals surface area contributed by atoms with Gasteiger partial charge in [-0.3, -0.25) is 14.4 Å². The highest BCUT2D eigenvalue weighted by Gasteiger charge is 2.20. The summed E-state index contributed by atoms with van der Waals surface area (Å²) in [4.78, 5) is 53.0. The van der Waals surface area contributed by atoms with E-state index < -0.39 is 29.2 Å². The summed E-state index contributed by atoms with van der Waals surface area (Å²) in [6.07, 6.45) is -0.0432. The van der Waals surface area contributed by atoms with Gasteiger partial charge in [0.05, 0.1) is 36.2 Å². The Kier molecular flexibility index (Phi) is 6.17. The van der Waals surface area contributed by atoms with Crippen molar-refractivity contribution in [1.82, 2.24) is 14.9 Å². The fourth-order valence-electron chi connectivity index (χ4n) is 3.60. The number of H-pyrrole nitrogens is 1. The number of carbonyl (C=O) groups excluding carboxylic acids is 2. The summed E-state index contributed by atoms with van der Waals surface area (Å²) < 4.78 is 5.80. The molecule has 2 N–H and O–H groups in total. The molecule has 0 aliphatic carbocycles. The molecule has 8 nitrogen and oxygen atoms in total. The van der Waals surface area contributed by atoms with E-state index in [9.17, 15) is 19.2 Å². The van der Waals surface area contributed by atoms with Gasteiger partial charge < -0.3 is 15.0 Å². The van der Waals surface area contributed by atoms with E-state index in [0.717, 1.165) is 10.1 Å². The topological polar surface area (TPSA) is 110 Å². The van der Waals surface area contributed by atoms with E-state index in [1.165, 1.54) is 25.3 Å². The van der Waals surface area contributed by atoms with Crippen LogP contribution in [0.2, 0.25) is 0 Å². The number of nitrogens with zero attached hydrogens (tertiary/aromatic N) is 1. The van der Waals surface area contributed by atoms with Crippen molar-refractivity contribution in [2.24, 2.45) is 0 Å². The van der Waals surface area contributed by atoms with Crippen molar-refractivity contribution in [3.63, 3.8) is 0 Å². The predicted octanol–water partition coefficient (Wildman–Crippen LogP) is 2.71. The zero-order chi connectivity index (χ0) is 23.4. The molecule has 3 aromatic carbocycles. The molecule has 1 heterocycles. The van der Waals surface area contributed by atoms with E-state index in [4.69, 9.17) is 4.74 Å². The Bertz CT molecular complexity index is 1430. The van der Waals surface area contributed by atoms with Crippen molar-refractivity contribution in [3.05, 3.63) is 111 Å². The molecule has 8 heteroatoms. The van der Waals surface area contributed by atoms with Crippen molar-refractivity contribution >= 4 is 22.8 Å². The molecule has 4 rings (SSSR count). The standard InChI is InChI=1S/C25H21N3O5/c1-33-22(29)15-20(16-8-4-2-5-9-16)26-23(30)17-12-13-19-21(14-17)27-25(32)28(24(19)31)18-10-6-3-7-11-18/h2-14,20H,15H2,1H3,(H,26,30)(H,27,32). The second kappa shape index (κ2) is 9.35. The normalized spacial score (nSPS) is 11.7. The molecule has 0 aliphatic rings. The van der Waals surface area contributed by atoms with Crippen LogP contribution in [0, 0.1) is 0 Å². The third-order valence-electron chi connectivity index (χ3n) is 5.28. The molecule has 1 atom stereocenters. The fraction of sp³-hybridized carbons (Fsp3) is 0.120. The van der Waals surface area contributed by atoms with Gasteiger partial charge >= 0.3 is 11.7 Å². The molecule has 0 aliphatic heterocycles. The first-order valence-electron chi connectivity index (χ1n) is 10.2. The highest BCUT2D eigenvalue weighted by Crippen LogP contribution is 2.19. The molecule has 166 valence electrons. The number of amides is 1. The van der Waals surface area contributed by atoms with Gasteiger partial charge in [0, 0.05) is 5.56 Å². The minimum Gasteiger partial charge on any atom is -0.469 e. The van der Waals surface area contributed by atoms with Gasteiger partial charge in [-0.05, 0) is 35.9 Å². The Balaban J connectivity index is 1.68. The van der Waals surface area contributed by atoms with Crippen LogP contribution in [-0.4, -0.2) is 28.5 Å². The quantitative estimate of drug-likeness (QED) is 0.445. The minimum atomic E-state index is -0.607. The zero-order valence-corrected chi connectivity index (χ0v) is 17.8. The molecule has 0 saturated carbocycles.